The summed E-state index contributed by atoms with van der Waals surface area (Å²) in [5.74, 6) is 0.255. The number of hydrogen-bond donors (Lipinski definition) is 0. The van der Waals surface area contributed by atoms with Gasteiger partial charge in [-0.2, -0.15) is 5.10 Å². The van der Waals surface area contributed by atoms with Crippen molar-refractivity contribution in [1.29, 1.82) is 0 Å². The lowest BCUT2D eigenvalue weighted by Gasteiger charge is -2.10. The van der Waals surface area contributed by atoms with Gasteiger partial charge in [0.1, 0.15) is 11.4 Å². The lowest BCUT2D eigenvalue weighted by atomic mass is 10.1. The Morgan fingerprint density at radius 1 is 1.43 bits per heavy atom. The Morgan fingerprint density at radius 2 is 2.19 bits per heavy atom. The molecule has 7 heteroatoms. The van der Waals surface area contributed by atoms with Crippen LogP contribution in [0.3, 0.4) is 0 Å². The van der Waals surface area contributed by atoms with Gasteiger partial charge in [0.15, 0.2) is 0 Å². The minimum atomic E-state index is -0.213. The Morgan fingerprint density at radius 3 is 2.86 bits per heavy atom. The molecule has 0 aliphatic carbocycles. The molecule has 0 aliphatic heterocycles. The highest BCUT2D eigenvalue weighted by Crippen LogP contribution is 2.28. The van der Waals surface area contributed by atoms with Gasteiger partial charge in [0.2, 0.25) is 5.78 Å². The van der Waals surface area contributed by atoms with Crippen LogP contribution in [0.1, 0.15) is 16.1 Å². The molecule has 21 heavy (non-hydrogen) atoms. The molecule has 2 rings (SSSR count). The average Bonchev–Trinajstić information content (AvgIpc) is 2.85. The molecular formula is C14H14BrClN2O3. The van der Waals surface area contributed by atoms with Crippen LogP contribution in [0.4, 0.5) is 0 Å². The molecule has 5 nitrogen and oxygen atoms in total. The first-order valence-corrected chi connectivity index (χ1v) is 7.34. The van der Waals surface area contributed by atoms with Crippen LogP contribution in [-0.2, 0) is 11.3 Å². The molecule has 0 unspecified atom stereocenters. The van der Waals surface area contributed by atoms with E-state index in [0.29, 0.717) is 39.7 Å². The fourth-order valence-electron chi connectivity index (χ4n) is 1.92. The molecule has 0 saturated carbocycles. The molecule has 0 amide bonds. The summed E-state index contributed by atoms with van der Waals surface area (Å²) in [5.41, 5.74) is 0.831. The Labute approximate surface area is 135 Å². The Hall–Kier alpha value is -1.37. The van der Waals surface area contributed by atoms with Gasteiger partial charge in [-0.1, -0.05) is 11.6 Å². The molecule has 0 saturated heterocycles. The van der Waals surface area contributed by atoms with Gasteiger partial charge < -0.3 is 9.47 Å². The summed E-state index contributed by atoms with van der Waals surface area (Å²) in [7, 11) is 3.11. The van der Waals surface area contributed by atoms with Gasteiger partial charge in [0.05, 0.1) is 36.5 Å². The first-order valence-electron chi connectivity index (χ1n) is 6.17. The Kier molecular flexibility index (Phi) is 5.39. The van der Waals surface area contributed by atoms with Crippen LogP contribution in [0.25, 0.3) is 0 Å². The number of aromatic nitrogens is 2. The lowest BCUT2D eigenvalue weighted by molar-refractivity contribution is 0.102. The highest BCUT2D eigenvalue weighted by atomic mass is 79.9. The van der Waals surface area contributed by atoms with Crippen LogP contribution in [0.2, 0.25) is 5.02 Å². The van der Waals surface area contributed by atoms with Gasteiger partial charge >= 0.3 is 0 Å². The maximum Gasteiger partial charge on any atom is 0.215 e. The maximum atomic E-state index is 12.8. The summed E-state index contributed by atoms with van der Waals surface area (Å²) in [6, 6.07) is 4.93. The number of carbonyl (C=O) groups excluding carboxylic acids is 1. The van der Waals surface area contributed by atoms with Gasteiger partial charge in [0.25, 0.3) is 0 Å². The van der Waals surface area contributed by atoms with Crippen LogP contribution in [0, 0.1) is 0 Å². The molecule has 1 aromatic heterocycles. The van der Waals surface area contributed by atoms with Crippen molar-refractivity contribution < 1.29 is 14.3 Å². The summed E-state index contributed by atoms with van der Waals surface area (Å²) < 4.78 is 12.5. The van der Waals surface area contributed by atoms with E-state index < -0.39 is 0 Å². The highest BCUT2D eigenvalue weighted by molar-refractivity contribution is 9.10. The number of rotatable bonds is 6. The molecule has 0 aliphatic rings. The average molecular weight is 374 g/mol. The summed E-state index contributed by atoms with van der Waals surface area (Å²) in [6.45, 7) is 0.938. The second-order valence-corrected chi connectivity index (χ2v) is 5.52. The fraction of sp³-hybridized carbons (Fsp3) is 0.286. The molecule has 2 aromatic rings. The first-order chi connectivity index (χ1) is 10.1. The van der Waals surface area contributed by atoms with Crippen molar-refractivity contribution in [1.82, 2.24) is 9.78 Å². The van der Waals surface area contributed by atoms with Gasteiger partial charge in [-0.05, 0) is 34.1 Å². The van der Waals surface area contributed by atoms with E-state index in [1.807, 2.05) is 0 Å². The van der Waals surface area contributed by atoms with Crippen molar-refractivity contribution in [3.63, 3.8) is 0 Å². The molecular weight excluding hydrogens is 360 g/mol. The van der Waals surface area contributed by atoms with Crippen molar-refractivity contribution in [2.24, 2.45) is 0 Å². The lowest BCUT2D eigenvalue weighted by Crippen LogP contribution is -2.15. The van der Waals surface area contributed by atoms with E-state index in [1.54, 1.807) is 36.2 Å². The molecule has 1 heterocycles. The second kappa shape index (κ2) is 7.06. The van der Waals surface area contributed by atoms with Crippen molar-refractivity contribution in [3.8, 4) is 5.75 Å². The van der Waals surface area contributed by atoms with Gasteiger partial charge in [-0.3, -0.25) is 9.48 Å². The maximum absolute atomic E-state index is 12.8. The van der Waals surface area contributed by atoms with E-state index in [9.17, 15) is 4.79 Å². The zero-order valence-corrected chi connectivity index (χ0v) is 13.9. The zero-order chi connectivity index (χ0) is 15.4. The van der Waals surface area contributed by atoms with Gasteiger partial charge in [-0.15, -0.1) is 0 Å². The molecule has 0 atom stereocenters. The number of ether oxygens (including phenoxy) is 2. The van der Waals surface area contributed by atoms with Crippen molar-refractivity contribution in [2.45, 2.75) is 6.54 Å². The van der Waals surface area contributed by atoms with E-state index in [-0.39, 0.29) is 5.78 Å². The number of hydrogen-bond acceptors (Lipinski definition) is 4. The van der Waals surface area contributed by atoms with Gasteiger partial charge in [-0.25, -0.2) is 0 Å². The number of methoxy groups -OCH3 is 2. The molecule has 1 aromatic carbocycles. The topological polar surface area (TPSA) is 53.4 Å². The van der Waals surface area contributed by atoms with E-state index >= 15 is 0 Å². The Bertz CT molecular complexity index is 658. The van der Waals surface area contributed by atoms with Crippen LogP contribution >= 0.6 is 27.5 Å². The number of ketones is 1. The third kappa shape index (κ3) is 3.45. The number of halogens is 2. The highest BCUT2D eigenvalue weighted by Gasteiger charge is 2.22. The summed E-state index contributed by atoms with van der Waals surface area (Å²) in [6.07, 6.45) is 1.58. The normalized spacial score (nSPS) is 10.7. The van der Waals surface area contributed by atoms with Crippen molar-refractivity contribution >= 4 is 33.3 Å². The molecule has 0 fully saturated rings. The second-order valence-electron chi connectivity index (χ2n) is 4.23. The predicted octanol–water partition coefficient (Wildman–Crippen LogP) is 3.19. The largest absolute Gasteiger partial charge is 0.496 e. The monoisotopic (exact) mass is 372 g/mol. The minimum Gasteiger partial charge on any atom is -0.496 e. The van der Waals surface area contributed by atoms with E-state index in [1.165, 1.54) is 7.11 Å². The van der Waals surface area contributed by atoms with Crippen molar-refractivity contribution in [2.75, 3.05) is 20.8 Å². The van der Waals surface area contributed by atoms with Crippen LogP contribution in [-0.4, -0.2) is 36.4 Å². The summed E-state index contributed by atoms with van der Waals surface area (Å²) in [5, 5.41) is 4.64. The fourth-order valence-corrected chi connectivity index (χ4v) is 2.57. The van der Waals surface area contributed by atoms with Crippen LogP contribution < -0.4 is 4.74 Å². The van der Waals surface area contributed by atoms with E-state index in [2.05, 4.69) is 21.0 Å². The molecule has 112 valence electrons. The third-order valence-electron chi connectivity index (χ3n) is 2.92. The van der Waals surface area contributed by atoms with Crippen molar-refractivity contribution in [3.05, 3.63) is 45.1 Å². The summed E-state index contributed by atoms with van der Waals surface area (Å²) >= 11 is 9.33. The predicted molar refractivity (Wildman–Crippen MR) is 83.2 cm³/mol. The number of carbonyl (C=O) groups is 1. The smallest absolute Gasteiger partial charge is 0.215 e. The number of benzene rings is 1. The molecule has 0 spiro atoms. The molecule has 0 radical (unpaired) electrons. The molecule has 0 bridgehead atoms. The standard InChI is InChI=1S/C14H14BrClN2O3/c1-20-6-5-18-13(11(15)8-17-18)14(19)10-7-9(16)3-4-12(10)21-2/h3-4,7-8H,5-6H2,1-2H3. The number of nitrogens with zero attached hydrogens (tertiary/aromatic N) is 2. The third-order valence-corrected chi connectivity index (χ3v) is 3.74. The minimum absolute atomic E-state index is 0.213. The van der Waals surface area contributed by atoms with Crippen LogP contribution in [0.15, 0.2) is 28.9 Å². The van der Waals surface area contributed by atoms with Crippen LogP contribution in [0.5, 0.6) is 5.75 Å². The first kappa shape index (κ1) is 16.0. The summed E-state index contributed by atoms with van der Waals surface area (Å²) in [4.78, 5) is 12.8. The van der Waals surface area contributed by atoms with E-state index in [0.717, 1.165) is 0 Å². The zero-order valence-electron chi connectivity index (χ0n) is 11.6. The van der Waals surface area contributed by atoms with Gasteiger partial charge in [0, 0.05) is 12.1 Å². The van der Waals surface area contributed by atoms with E-state index in [4.69, 9.17) is 21.1 Å². The SMILES string of the molecule is COCCn1ncc(Br)c1C(=O)c1cc(Cl)ccc1OC. The quantitative estimate of drug-likeness (QED) is 0.730. The molecule has 0 N–H and O–H groups in total. The Balaban J connectivity index is 2.45.